The minimum atomic E-state index is -0.167. The van der Waals surface area contributed by atoms with E-state index in [0.717, 1.165) is 31.7 Å². The van der Waals surface area contributed by atoms with Crippen LogP contribution in [0.2, 0.25) is 0 Å². The highest BCUT2D eigenvalue weighted by molar-refractivity contribution is 5.88. The van der Waals surface area contributed by atoms with Crippen molar-refractivity contribution in [2.24, 2.45) is 7.05 Å². The predicted octanol–water partition coefficient (Wildman–Crippen LogP) is 2.12. The number of urea groups is 1. The molecule has 6 heteroatoms. The van der Waals surface area contributed by atoms with E-state index < -0.39 is 0 Å². The van der Waals surface area contributed by atoms with E-state index >= 15 is 0 Å². The van der Waals surface area contributed by atoms with Gasteiger partial charge in [0.25, 0.3) is 0 Å². The summed E-state index contributed by atoms with van der Waals surface area (Å²) >= 11 is 0. The number of aromatic nitrogens is 2. The van der Waals surface area contributed by atoms with Crippen LogP contribution in [0.3, 0.4) is 0 Å². The Morgan fingerprint density at radius 2 is 2.13 bits per heavy atom. The summed E-state index contributed by atoms with van der Waals surface area (Å²) in [5.41, 5.74) is 2.20. The van der Waals surface area contributed by atoms with Crippen LogP contribution in [0.1, 0.15) is 17.7 Å². The van der Waals surface area contributed by atoms with Gasteiger partial charge in [0.15, 0.2) is 0 Å². The van der Waals surface area contributed by atoms with Crippen molar-refractivity contribution < 1.29 is 4.79 Å². The molecule has 1 atom stereocenters. The van der Waals surface area contributed by atoms with Crippen molar-refractivity contribution >= 4 is 11.8 Å². The average molecular weight is 313 g/mol. The summed E-state index contributed by atoms with van der Waals surface area (Å²) in [4.78, 5) is 14.5. The van der Waals surface area contributed by atoms with Crippen molar-refractivity contribution in [3.63, 3.8) is 0 Å². The number of anilines is 1. The largest absolute Gasteiger partial charge is 0.334 e. The maximum Gasteiger partial charge on any atom is 0.320 e. The van der Waals surface area contributed by atoms with Crippen LogP contribution in [0.4, 0.5) is 10.6 Å². The lowest BCUT2D eigenvalue weighted by Gasteiger charge is -2.17. The second kappa shape index (κ2) is 6.83. The normalized spacial score (nSPS) is 18.1. The molecular weight excluding hydrogens is 290 g/mol. The fraction of sp³-hybridized carbons (Fsp3) is 0.412. The Morgan fingerprint density at radius 3 is 2.83 bits per heavy atom. The zero-order valence-corrected chi connectivity index (χ0v) is 13.6. The van der Waals surface area contributed by atoms with Crippen LogP contribution < -0.4 is 10.6 Å². The Morgan fingerprint density at radius 1 is 1.35 bits per heavy atom. The lowest BCUT2D eigenvalue weighted by atomic mass is 10.2. The quantitative estimate of drug-likeness (QED) is 0.909. The van der Waals surface area contributed by atoms with Crippen molar-refractivity contribution in [3.05, 3.63) is 47.7 Å². The minimum absolute atomic E-state index is 0.167. The number of hydrogen-bond acceptors (Lipinski definition) is 3. The van der Waals surface area contributed by atoms with Crippen LogP contribution in [0.25, 0.3) is 0 Å². The number of likely N-dealkylation sites (tertiary alicyclic amines) is 1. The molecule has 3 rings (SSSR count). The summed E-state index contributed by atoms with van der Waals surface area (Å²) in [6.45, 7) is 4.72. The van der Waals surface area contributed by atoms with Gasteiger partial charge in [0.1, 0.15) is 5.82 Å². The third-order valence-corrected chi connectivity index (χ3v) is 4.10. The van der Waals surface area contributed by atoms with E-state index in [2.05, 4.69) is 44.9 Å². The van der Waals surface area contributed by atoms with E-state index in [4.69, 9.17) is 0 Å². The van der Waals surface area contributed by atoms with Gasteiger partial charge in [0, 0.05) is 38.8 Å². The van der Waals surface area contributed by atoms with E-state index in [9.17, 15) is 4.79 Å². The molecule has 0 saturated carbocycles. The Kier molecular flexibility index (Phi) is 4.62. The fourth-order valence-corrected chi connectivity index (χ4v) is 3.00. The highest BCUT2D eigenvalue weighted by Gasteiger charge is 2.24. The Balaban J connectivity index is 1.48. The molecule has 23 heavy (non-hydrogen) atoms. The molecule has 0 spiro atoms. The number of nitrogens with zero attached hydrogens (tertiary/aromatic N) is 3. The molecule has 1 aromatic carbocycles. The number of hydrogen-bond donors (Lipinski definition) is 2. The third kappa shape index (κ3) is 4.10. The topological polar surface area (TPSA) is 62.2 Å². The molecule has 2 N–H and O–H groups in total. The number of benzene rings is 1. The van der Waals surface area contributed by atoms with Gasteiger partial charge in [-0.1, -0.05) is 30.3 Å². The first-order valence-corrected chi connectivity index (χ1v) is 7.94. The van der Waals surface area contributed by atoms with Gasteiger partial charge in [-0.25, -0.2) is 4.79 Å². The van der Waals surface area contributed by atoms with Gasteiger partial charge in [-0.15, -0.1) is 0 Å². The average Bonchev–Trinajstić information content (AvgIpc) is 3.06. The third-order valence-electron chi connectivity index (χ3n) is 4.10. The molecule has 2 aromatic rings. The molecule has 0 bridgehead atoms. The number of carbonyl (C=O) groups excluding carboxylic acids is 1. The van der Waals surface area contributed by atoms with Crippen molar-refractivity contribution in [3.8, 4) is 0 Å². The summed E-state index contributed by atoms with van der Waals surface area (Å²) in [7, 11) is 1.82. The number of carbonyl (C=O) groups is 1. The van der Waals surface area contributed by atoms with Gasteiger partial charge >= 0.3 is 6.03 Å². The second-order valence-corrected chi connectivity index (χ2v) is 6.10. The molecule has 0 radical (unpaired) electrons. The molecule has 1 aromatic heterocycles. The van der Waals surface area contributed by atoms with Gasteiger partial charge < -0.3 is 5.32 Å². The van der Waals surface area contributed by atoms with Crippen LogP contribution in [0.5, 0.6) is 0 Å². The van der Waals surface area contributed by atoms with E-state index in [1.54, 1.807) is 4.68 Å². The Hall–Kier alpha value is -2.34. The molecule has 1 unspecified atom stereocenters. The predicted molar refractivity (Wildman–Crippen MR) is 90.2 cm³/mol. The molecule has 1 fully saturated rings. The van der Waals surface area contributed by atoms with Crippen molar-refractivity contribution in [1.82, 2.24) is 20.0 Å². The number of rotatable bonds is 4. The first kappa shape index (κ1) is 15.6. The maximum absolute atomic E-state index is 12.1. The van der Waals surface area contributed by atoms with Gasteiger partial charge in [0.2, 0.25) is 0 Å². The lowest BCUT2D eigenvalue weighted by Crippen LogP contribution is -2.39. The standard InChI is InChI=1S/C17H23N5O/c1-13-10-16(21(2)20-13)19-17(23)18-15-8-9-22(12-15)11-14-6-4-3-5-7-14/h3-7,10,15H,8-9,11-12H2,1-2H3,(H2,18,19,23). The van der Waals surface area contributed by atoms with Crippen molar-refractivity contribution in [2.45, 2.75) is 25.9 Å². The fourth-order valence-electron chi connectivity index (χ4n) is 3.00. The summed E-state index contributed by atoms with van der Waals surface area (Å²) in [5, 5.41) is 10.1. The van der Waals surface area contributed by atoms with E-state index in [1.807, 2.05) is 26.1 Å². The number of amides is 2. The minimum Gasteiger partial charge on any atom is -0.334 e. The lowest BCUT2D eigenvalue weighted by molar-refractivity contribution is 0.247. The molecule has 2 amide bonds. The number of nitrogens with one attached hydrogen (secondary N) is 2. The highest BCUT2D eigenvalue weighted by Crippen LogP contribution is 2.14. The highest BCUT2D eigenvalue weighted by atomic mass is 16.2. The van der Waals surface area contributed by atoms with Crippen LogP contribution in [0, 0.1) is 6.92 Å². The molecule has 122 valence electrons. The first-order valence-electron chi connectivity index (χ1n) is 7.94. The van der Waals surface area contributed by atoms with Gasteiger partial charge in [-0.3, -0.25) is 14.9 Å². The molecule has 1 aliphatic rings. The maximum atomic E-state index is 12.1. The smallest absolute Gasteiger partial charge is 0.320 e. The Bertz CT molecular complexity index is 667. The van der Waals surface area contributed by atoms with Crippen LogP contribution >= 0.6 is 0 Å². The van der Waals surface area contributed by atoms with Crippen LogP contribution in [0.15, 0.2) is 36.4 Å². The monoisotopic (exact) mass is 313 g/mol. The van der Waals surface area contributed by atoms with Crippen molar-refractivity contribution in [2.75, 3.05) is 18.4 Å². The molecule has 0 aliphatic carbocycles. The van der Waals surface area contributed by atoms with E-state index in [-0.39, 0.29) is 12.1 Å². The summed E-state index contributed by atoms with van der Waals surface area (Å²) in [6, 6.07) is 12.3. The summed E-state index contributed by atoms with van der Waals surface area (Å²) in [6.07, 6.45) is 0.977. The molecular formula is C17H23N5O. The van der Waals surface area contributed by atoms with E-state index in [0.29, 0.717) is 5.82 Å². The Labute approximate surface area is 136 Å². The SMILES string of the molecule is Cc1cc(NC(=O)NC2CCN(Cc3ccccc3)C2)n(C)n1. The molecule has 1 aliphatic heterocycles. The number of aryl methyl sites for hydroxylation is 2. The molecule has 6 nitrogen and oxygen atoms in total. The first-order chi connectivity index (χ1) is 11.1. The van der Waals surface area contributed by atoms with Gasteiger partial charge in [-0.2, -0.15) is 5.10 Å². The van der Waals surface area contributed by atoms with Gasteiger partial charge in [-0.05, 0) is 18.9 Å². The summed E-state index contributed by atoms with van der Waals surface area (Å²) < 4.78 is 1.67. The van der Waals surface area contributed by atoms with Crippen LogP contribution in [-0.4, -0.2) is 39.8 Å². The molecule has 1 saturated heterocycles. The van der Waals surface area contributed by atoms with Crippen LogP contribution in [-0.2, 0) is 13.6 Å². The van der Waals surface area contributed by atoms with Crippen molar-refractivity contribution in [1.29, 1.82) is 0 Å². The zero-order chi connectivity index (χ0) is 16.2. The zero-order valence-electron chi connectivity index (χ0n) is 13.6. The van der Waals surface area contributed by atoms with Gasteiger partial charge in [0.05, 0.1) is 5.69 Å². The molecule has 2 heterocycles. The summed E-state index contributed by atoms with van der Waals surface area (Å²) in [5.74, 6) is 0.708. The second-order valence-electron chi connectivity index (χ2n) is 6.10. The van der Waals surface area contributed by atoms with E-state index in [1.165, 1.54) is 5.56 Å².